The van der Waals surface area contributed by atoms with Gasteiger partial charge in [-0.2, -0.15) is 0 Å². The lowest BCUT2D eigenvalue weighted by Gasteiger charge is -2.23. The smallest absolute Gasteiger partial charge is 0.326 e. The molecule has 7 nitrogen and oxygen atoms in total. The minimum absolute atomic E-state index is 0.254. The van der Waals surface area contributed by atoms with Crippen molar-refractivity contribution in [2.75, 3.05) is 13.6 Å². The average Bonchev–Trinajstić information content (AvgIpc) is 2.71. The van der Waals surface area contributed by atoms with Crippen LogP contribution in [0.4, 0.5) is 0 Å². The number of carbonyl (C=O) groups excluding carboxylic acids is 3. The van der Waals surface area contributed by atoms with E-state index in [1.54, 1.807) is 12.1 Å². The first-order valence-electron chi connectivity index (χ1n) is 6.28. The van der Waals surface area contributed by atoms with Crippen LogP contribution in [0.15, 0.2) is 24.3 Å². The van der Waals surface area contributed by atoms with Crippen LogP contribution >= 0.6 is 0 Å². The average molecular weight is 290 g/mol. The van der Waals surface area contributed by atoms with Crippen molar-refractivity contribution in [2.45, 2.75) is 13.0 Å². The number of rotatable bonds is 4. The summed E-state index contributed by atoms with van der Waals surface area (Å²) in [6, 6.07) is 5.27. The molecule has 3 amide bonds. The summed E-state index contributed by atoms with van der Waals surface area (Å²) in [5.74, 6) is -2.85. The summed E-state index contributed by atoms with van der Waals surface area (Å²) < 4.78 is 0. The fourth-order valence-corrected chi connectivity index (χ4v) is 2.01. The highest BCUT2D eigenvalue weighted by molar-refractivity contribution is 6.22. The molecule has 1 heterocycles. The van der Waals surface area contributed by atoms with Crippen LogP contribution in [-0.4, -0.2) is 58.2 Å². The molecule has 0 saturated carbocycles. The summed E-state index contributed by atoms with van der Waals surface area (Å²) in [6.45, 7) is 0.878. The Morgan fingerprint density at radius 2 is 1.67 bits per heavy atom. The second kappa shape index (κ2) is 5.35. The molecule has 21 heavy (non-hydrogen) atoms. The predicted molar refractivity (Wildman–Crippen MR) is 71.7 cm³/mol. The van der Waals surface area contributed by atoms with Gasteiger partial charge in [0.05, 0.1) is 11.1 Å². The van der Waals surface area contributed by atoms with Crippen LogP contribution in [0, 0.1) is 0 Å². The molecule has 0 bridgehead atoms. The first-order chi connectivity index (χ1) is 9.84. The summed E-state index contributed by atoms with van der Waals surface area (Å²) >= 11 is 0. The van der Waals surface area contributed by atoms with E-state index in [0.29, 0.717) is 0 Å². The molecule has 1 N–H and O–H groups in total. The van der Waals surface area contributed by atoms with E-state index in [1.165, 1.54) is 26.1 Å². The van der Waals surface area contributed by atoms with Gasteiger partial charge in [0, 0.05) is 7.05 Å². The number of fused-ring (bicyclic) bond motifs is 1. The number of benzene rings is 1. The van der Waals surface area contributed by atoms with E-state index in [2.05, 4.69) is 0 Å². The highest BCUT2D eigenvalue weighted by atomic mass is 16.4. The van der Waals surface area contributed by atoms with E-state index in [9.17, 15) is 19.2 Å². The largest absolute Gasteiger partial charge is 0.480 e. The van der Waals surface area contributed by atoms with Gasteiger partial charge in [0.2, 0.25) is 5.91 Å². The number of hydrogen-bond acceptors (Lipinski definition) is 4. The monoisotopic (exact) mass is 290 g/mol. The molecule has 0 aliphatic carbocycles. The van der Waals surface area contributed by atoms with E-state index >= 15 is 0 Å². The number of carboxylic acids is 1. The third-order valence-electron chi connectivity index (χ3n) is 3.50. The number of carboxylic acid groups (broad SMARTS) is 1. The molecule has 1 aromatic carbocycles. The molecule has 1 aliphatic rings. The molecular weight excluding hydrogens is 276 g/mol. The van der Waals surface area contributed by atoms with Gasteiger partial charge in [0.1, 0.15) is 12.6 Å². The Hall–Kier alpha value is -2.70. The molecule has 7 heteroatoms. The van der Waals surface area contributed by atoms with Crippen LogP contribution in [0.1, 0.15) is 27.6 Å². The standard InChI is InChI=1S/C14H14N2O5/c1-8(14(20)21)15(2)11(17)7-16-12(18)9-5-3-4-6-10(9)13(16)19/h3-6,8H,7H2,1-2H3,(H,20,21). The lowest BCUT2D eigenvalue weighted by atomic mass is 10.1. The molecule has 1 unspecified atom stereocenters. The van der Waals surface area contributed by atoms with E-state index < -0.39 is 36.3 Å². The number of nitrogens with zero attached hydrogens (tertiary/aromatic N) is 2. The quantitative estimate of drug-likeness (QED) is 0.800. The van der Waals surface area contributed by atoms with Crippen LogP contribution in [0.5, 0.6) is 0 Å². The maximum Gasteiger partial charge on any atom is 0.326 e. The highest BCUT2D eigenvalue weighted by Gasteiger charge is 2.37. The van der Waals surface area contributed by atoms with Gasteiger partial charge in [0.15, 0.2) is 0 Å². The predicted octanol–water partition coefficient (Wildman–Crippen LogP) is 0.214. The number of aliphatic carboxylic acids is 1. The van der Waals surface area contributed by atoms with Crippen LogP contribution in [0.25, 0.3) is 0 Å². The Morgan fingerprint density at radius 1 is 1.19 bits per heavy atom. The fourth-order valence-electron chi connectivity index (χ4n) is 2.01. The number of carbonyl (C=O) groups is 4. The summed E-state index contributed by atoms with van der Waals surface area (Å²) in [7, 11) is 1.32. The Labute approximate surface area is 120 Å². The van der Waals surface area contributed by atoms with Gasteiger partial charge < -0.3 is 10.0 Å². The normalized spacial score (nSPS) is 14.9. The number of hydrogen-bond donors (Lipinski definition) is 1. The van der Waals surface area contributed by atoms with E-state index in [1.807, 2.05) is 0 Å². The Balaban J connectivity index is 2.15. The van der Waals surface area contributed by atoms with Gasteiger partial charge in [-0.3, -0.25) is 19.3 Å². The Morgan fingerprint density at radius 3 is 2.10 bits per heavy atom. The molecule has 0 radical (unpaired) electrons. The third-order valence-corrected chi connectivity index (χ3v) is 3.50. The number of likely N-dealkylation sites (N-methyl/N-ethyl adjacent to an activating group) is 1. The molecule has 0 aromatic heterocycles. The first-order valence-corrected chi connectivity index (χ1v) is 6.28. The topological polar surface area (TPSA) is 95.0 Å². The van der Waals surface area contributed by atoms with Crippen molar-refractivity contribution in [3.63, 3.8) is 0 Å². The van der Waals surface area contributed by atoms with Crippen molar-refractivity contribution in [2.24, 2.45) is 0 Å². The van der Waals surface area contributed by atoms with Gasteiger partial charge in [-0.1, -0.05) is 12.1 Å². The zero-order valence-electron chi connectivity index (χ0n) is 11.6. The molecule has 1 aromatic rings. The molecular formula is C14H14N2O5. The van der Waals surface area contributed by atoms with Gasteiger partial charge >= 0.3 is 5.97 Å². The summed E-state index contributed by atoms with van der Waals surface area (Å²) in [5, 5.41) is 8.87. The third kappa shape index (κ3) is 2.49. The summed E-state index contributed by atoms with van der Waals surface area (Å²) in [4.78, 5) is 48.8. The SMILES string of the molecule is CC(C(=O)O)N(C)C(=O)CN1C(=O)c2ccccc2C1=O. The van der Waals surface area contributed by atoms with Crippen molar-refractivity contribution < 1.29 is 24.3 Å². The maximum atomic E-state index is 12.1. The maximum absolute atomic E-state index is 12.1. The number of imide groups is 1. The van der Waals surface area contributed by atoms with Crippen LogP contribution in [0.3, 0.4) is 0 Å². The molecule has 1 aliphatic heterocycles. The van der Waals surface area contributed by atoms with Crippen molar-refractivity contribution in [1.29, 1.82) is 0 Å². The highest BCUT2D eigenvalue weighted by Crippen LogP contribution is 2.22. The van der Waals surface area contributed by atoms with Crippen molar-refractivity contribution in [3.8, 4) is 0 Å². The van der Waals surface area contributed by atoms with Gasteiger partial charge in [0.25, 0.3) is 11.8 Å². The van der Waals surface area contributed by atoms with Crippen LogP contribution < -0.4 is 0 Å². The minimum Gasteiger partial charge on any atom is -0.480 e. The Bertz CT molecular complexity index is 605. The lowest BCUT2D eigenvalue weighted by Crippen LogP contribution is -2.46. The Kier molecular flexibility index (Phi) is 3.75. The van der Waals surface area contributed by atoms with Crippen LogP contribution in [-0.2, 0) is 9.59 Å². The van der Waals surface area contributed by atoms with Crippen molar-refractivity contribution in [1.82, 2.24) is 9.80 Å². The zero-order chi connectivity index (χ0) is 15.7. The van der Waals surface area contributed by atoms with E-state index in [-0.39, 0.29) is 11.1 Å². The number of amides is 3. The second-order valence-corrected chi connectivity index (χ2v) is 4.76. The minimum atomic E-state index is -1.16. The summed E-state index contributed by atoms with van der Waals surface area (Å²) in [6.07, 6.45) is 0. The molecule has 1 atom stereocenters. The van der Waals surface area contributed by atoms with Gasteiger partial charge in [-0.05, 0) is 19.1 Å². The first kappa shape index (κ1) is 14.7. The van der Waals surface area contributed by atoms with Crippen molar-refractivity contribution in [3.05, 3.63) is 35.4 Å². The molecule has 110 valence electrons. The zero-order valence-corrected chi connectivity index (χ0v) is 11.6. The molecule has 2 rings (SSSR count). The molecule has 0 fully saturated rings. The van der Waals surface area contributed by atoms with Gasteiger partial charge in [-0.25, -0.2) is 4.79 Å². The second-order valence-electron chi connectivity index (χ2n) is 4.76. The van der Waals surface area contributed by atoms with Crippen molar-refractivity contribution >= 4 is 23.7 Å². The van der Waals surface area contributed by atoms with E-state index in [4.69, 9.17) is 5.11 Å². The van der Waals surface area contributed by atoms with Crippen LogP contribution in [0.2, 0.25) is 0 Å². The van der Waals surface area contributed by atoms with E-state index in [0.717, 1.165) is 9.80 Å². The van der Waals surface area contributed by atoms with Gasteiger partial charge in [-0.15, -0.1) is 0 Å². The molecule has 0 spiro atoms. The summed E-state index contributed by atoms with van der Waals surface area (Å²) in [5.41, 5.74) is 0.508. The fraction of sp³-hybridized carbons (Fsp3) is 0.286. The lowest BCUT2D eigenvalue weighted by molar-refractivity contribution is -0.148. The molecule has 0 saturated heterocycles.